The lowest BCUT2D eigenvalue weighted by Gasteiger charge is -2.44. The highest BCUT2D eigenvalue weighted by Crippen LogP contribution is 2.58. The molecule has 3 aromatic rings. The first kappa shape index (κ1) is 35.1. The topological polar surface area (TPSA) is 6.48 Å². The molecule has 6 atom stereocenters. The molecule has 1 aliphatic heterocycles. The molecule has 6 unspecified atom stereocenters. The van der Waals surface area contributed by atoms with E-state index in [4.69, 9.17) is 0 Å². The van der Waals surface area contributed by atoms with Crippen LogP contribution in [0.5, 0.6) is 0 Å². The van der Waals surface area contributed by atoms with Gasteiger partial charge in [-0.15, -0.1) is 0 Å². The van der Waals surface area contributed by atoms with Crippen molar-refractivity contribution in [3.63, 3.8) is 0 Å². The van der Waals surface area contributed by atoms with E-state index < -0.39 is 0 Å². The van der Waals surface area contributed by atoms with Crippen LogP contribution in [-0.4, -0.2) is 17.0 Å². The predicted octanol–water partition coefficient (Wildman–Crippen LogP) is 13.9. The van der Waals surface area contributed by atoms with Gasteiger partial charge in [-0.25, -0.2) is 0 Å². The molecule has 1 heterocycles. The van der Waals surface area contributed by atoms with Crippen LogP contribution in [-0.2, 0) is 5.41 Å². The summed E-state index contributed by atoms with van der Waals surface area (Å²) in [5.74, 6) is 2.25. The lowest BCUT2D eigenvalue weighted by Crippen LogP contribution is -2.39. The summed E-state index contributed by atoms with van der Waals surface area (Å²) in [5, 5.41) is 0. The van der Waals surface area contributed by atoms with Gasteiger partial charge in [0.2, 0.25) is 0 Å². The van der Waals surface area contributed by atoms with Crippen molar-refractivity contribution in [3.05, 3.63) is 196 Å². The van der Waals surface area contributed by atoms with Crippen LogP contribution >= 0.6 is 0 Å². The molecular formula is C55H56N2. The summed E-state index contributed by atoms with van der Waals surface area (Å²) < 4.78 is 0. The fraction of sp³-hybridized carbons (Fsp3) is 0.345. The van der Waals surface area contributed by atoms with Crippen molar-refractivity contribution in [1.82, 2.24) is 4.90 Å². The molecular weight excluding hydrogens is 689 g/mol. The second-order valence-corrected chi connectivity index (χ2v) is 18.5. The van der Waals surface area contributed by atoms with Crippen LogP contribution in [0.15, 0.2) is 174 Å². The van der Waals surface area contributed by atoms with E-state index in [1.54, 1.807) is 28.0 Å². The first-order valence-electron chi connectivity index (χ1n) is 22.1. The molecule has 3 aromatic carbocycles. The SMILES string of the molecule is CC1(C)c2ccccc2C2CC=C(N(C3=CC=C(c4ccccc4N4c5ccccc5C5C6CC=CC=C6C=CC54)CC3)C3CC=C(C4=CC=CCC4)CC3)CC21. The van der Waals surface area contributed by atoms with Gasteiger partial charge < -0.3 is 9.80 Å². The predicted molar refractivity (Wildman–Crippen MR) is 238 cm³/mol. The summed E-state index contributed by atoms with van der Waals surface area (Å²) in [7, 11) is 0. The summed E-state index contributed by atoms with van der Waals surface area (Å²) >= 11 is 0. The van der Waals surface area contributed by atoms with Crippen LogP contribution in [0.1, 0.15) is 112 Å². The van der Waals surface area contributed by atoms with Crippen molar-refractivity contribution in [2.45, 2.75) is 107 Å². The number of nitrogens with zero attached hydrogens (tertiary/aromatic N) is 2. The number of hydrogen-bond acceptors (Lipinski definition) is 2. The molecule has 0 bridgehead atoms. The van der Waals surface area contributed by atoms with E-state index in [1.807, 2.05) is 0 Å². The van der Waals surface area contributed by atoms with Gasteiger partial charge >= 0.3 is 0 Å². The number of fused-ring (bicyclic) bond motifs is 8. The van der Waals surface area contributed by atoms with E-state index in [9.17, 15) is 0 Å². The van der Waals surface area contributed by atoms with Crippen LogP contribution in [0, 0.1) is 11.8 Å². The first-order chi connectivity index (χ1) is 28.0. The number of benzene rings is 3. The molecule has 0 saturated heterocycles. The summed E-state index contributed by atoms with van der Waals surface area (Å²) in [6.07, 6.45) is 40.6. The maximum atomic E-state index is 2.87. The van der Waals surface area contributed by atoms with Gasteiger partial charge in [0.15, 0.2) is 0 Å². The van der Waals surface area contributed by atoms with Crippen LogP contribution in [0.2, 0.25) is 0 Å². The molecule has 57 heavy (non-hydrogen) atoms. The van der Waals surface area contributed by atoms with E-state index >= 15 is 0 Å². The minimum atomic E-state index is 0.178. The van der Waals surface area contributed by atoms with Crippen molar-refractivity contribution in [2.24, 2.45) is 11.8 Å². The van der Waals surface area contributed by atoms with Crippen LogP contribution in [0.3, 0.4) is 0 Å². The number of allylic oxidation sites excluding steroid dienone is 16. The van der Waals surface area contributed by atoms with Crippen LogP contribution in [0.25, 0.3) is 5.57 Å². The highest BCUT2D eigenvalue weighted by molar-refractivity contribution is 5.85. The van der Waals surface area contributed by atoms with Crippen LogP contribution in [0.4, 0.5) is 11.4 Å². The average Bonchev–Trinajstić information content (AvgIpc) is 3.73. The maximum absolute atomic E-state index is 2.87. The monoisotopic (exact) mass is 744 g/mol. The molecule has 0 spiro atoms. The Kier molecular flexibility index (Phi) is 8.68. The lowest BCUT2D eigenvalue weighted by molar-refractivity contribution is 0.219. The van der Waals surface area contributed by atoms with Gasteiger partial charge in [-0.2, -0.15) is 0 Å². The molecule has 0 N–H and O–H groups in total. The molecule has 2 heteroatoms. The van der Waals surface area contributed by atoms with Gasteiger partial charge in [0, 0.05) is 40.3 Å². The largest absolute Gasteiger partial charge is 0.346 e. The second kappa shape index (κ2) is 14.1. The van der Waals surface area contributed by atoms with Gasteiger partial charge in [0.05, 0.1) is 6.04 Å². The van der Waals surface area contributed by atoms with Gasteiger partial charge in [0.1, 0.15) is 0 Å². The normalized spacial score (nSPS) is 29.1. The lowest BCUT2D eigenvalue weighted by atomic mass is 9.70. The molecule has 0 aromatic heterocycles. The van der Waals surface area contributed by atoms with E-state index in [0.717, 1.165) is 38.5 Å². The standard InChI is InChI=1S/C55H56N2/c1-55(2)49-21-11-8-19-46(49)47-34-33-43(36-50(47)55)56(41-29-24-38(25-30-41)37-14-4-3-5-15-37)42-31-26-40(27-32-42)44-17-9-12-22-51(44)57-52-23-13-10-20-48(52)54-45-18-7-6-16-39(45)28-35-53(54)57/h3-4,6-14,16-17,19-24,26,28,31,33,35,41,45,47,50,53-54H,5,15,18,25,27,29-30,32,34,36H2,1-2H3. The molecule has 0 saturated carbocycles. The van der Waals surface area contributed by atoms with Crippen molar-refractivity contribution in [2.75, 3.05) is 4.90 Å². The maximum Gasteiger partial charge on any atom is 0.0601 e. The summed E-state index contributed by atoms with van der Waals surface area (Å²) in [5.41, 5.74) is 18.2. The molecule has 0 radical (unpaired) electrons. The van der Waals surface area contributed by atoms with Crippen molar-refractivity contribution in [1.29, 1.82) is 0 Å². The van der Waals surface area contributed by atoms with E-state index in [0.29, 0.717) is 35.8 Å². The zero-order valence-electron chi connectivity index (χ0n) is 33.8. The van der Waals surface area contributed by atoms with Gasteiger partial charge in [-0.05, 0) is 145 Å². The second-order valence-electron chi connectivity index (χ2n) is 18.5. The van der Waals surface area contributed by atoms with E-state index in [1.165, 1.54) is 65.0 Å². The highest BCUT2D eigenvalue weighted by atomic mass is 15.2. The highest BCUT2D eigenvalue weighted by Gasteiger charge is 2.48. The molecule has 11 rings (SSSR count). The third-order valence-electron chi connectivity index (χ3n) is 15.3. The van der Waals surface area contributed by atoms with E-state index in [2.05, 4.69) is 169 Å². The van der Waals surface area contributed by atoms with Crippen molar-refractivity contribution >= 4 is 16.9 Å². The first-order valence-corrected chi connectivity index (χ1v) is 22.1. The summed E-state index contributed by atoms with van der Waals surface area (Å²) in [6, 6.07) is 28.7. The Balaban J connectivity index is 0.940. The molecule has 2 nitrogen and oxygen atoms in total. The van der Waals surface area contributed by atoms with Crippen LogP contribution < -0.4 is 4.90 Å². The fourth-order valence-corrected chi connectivity index (χ4v) is 12.5. The molecule has 7 aliphatic carbocycles. The van der Waals surface area contributed by atoms with Gasteiger partial charge in [0.25, 0.3) is 0 Å². The van der Waals surface area contributed by atoms with Gasteiger partial charge in [-0.3, -0.25) is 0 Å². The Morgan fingerprint density at radius 1 is 0.649 bits per heavy atom. The molecule has 0 amide bonds. The number of rotatable bonds is 6. The smallest absolute Gasteiger partial charge is 0.0601 e. The minimum Gasteiger partial charge on any atom is -0.346 e. The zero-order valence-corrected chi connectivity index (χ0v) is 33.8. The van der Waals surface area contributed by atoms with Gasteiger partial charge in [-0.1, -0.05) is 141 Å². The number of hydrogen-bond donors (Lipinski definition) is 0. The third kappa shape index (κ3) is 5.80. The summed E-state index contributed by atoms with van der Waals surface area (Å²) in [4.78, 5) is 5.55. The Labute approximate surface area is 340 Å². The molecule has 0 fully saturated rings. The Morgan fingerprint density at radius 2 is 1.47 bits per heavy atom. The van der Waals surface area contributed by atoms with E-state index in [-0.39, 0.29) is 5.41 Å². The Morgan fingerprint density at radius 3 is 2.30 bits per heavy atom. The summed E-state index contributed by atoms with van der Waals surface area (Å²) in [6.45, 7) is 5.04. The fourth-order valence-electron chi connectivity index (χ4n) is 12.5. The molecule has 8 aliphatic rings. The van der Waals surface area contributed by atoms with Crippen molar-refractivity contribution < 1.29 is 0 Å². The zero-order chi connectivity index (χ0) is 38.1. The quantitative estimate of drug-likeness (QED) is 0.248. The third-order valence-corrected chi connectivity index (χ3v) is 15.3. The molecule has 286 valence electrons. The average molecular weight is 745 g/mol. The number of para-hydroxylation sites is 2. The number of anilines is 2. The Hall–Kier alpha value is -5.08. The Bertz CT molecular complexity index is 2400. The minimum absolute atomic E-state index is 0.178. The van der Waals surface area contributed by atoms with Crippen molar-refractivity contribution in [3.8, 4) is 0 Å².